The van der Waals surface area contributed by atoms with Gasteiger partial charge in [0.15, 0.2) is 6.10 Å². The van der Waals surface area contributed by atoms with Crippen LogP contribution in [0.1, 0.15) is 42.9 Å². The van der Waals surface area contributed by atoms with E-state index in [9.17, 15) is 14.4 Å². The summed E-state index contributed by atoms with van der Waals surface area (Å²) in [5.41, 5.74) is 4.50. The number of fused-ring (bicyclic) bond motifs is 4. The molecule has 1 atom stereocenters. The molecule has 12 heteroatoms. The third-order valence-electron chi connectivity index (χ3n) is 11.3. The Balaban J connectivity index is 0.961. The lowest BCUT2D eigenvalue weighted by molar-refractivity contribution is -0.143. The Morgan fingerprint density at radius 2 is 1.60 bits per heavy atom. The average Bonchev–Trinajstić information content (AvgIpc) is 3.76. The van der Waals surface area contributed by atoms with Crippen LogP contribution in [0, 0.1) is 6.92 Å². The molecule has 0 radical (unpaired) electrons. The SMILES string of the molecule is Cc1cc(CC(OC(=O)N2CCC(n3c(=O)[nH]c4c5ccccc5ccc43)CC2)C(=O)N2CCN(C3CCN(C)CC3)CC2)cc2cn[nH]c12. The second kappa shape index (κ2) is 13.6. The number of hydrogen-bond acceptors (Lipinski definition) is 7. The fourth-order valence-electron chi connectivity index (χ4n) is 8.43. The molecule has 3 saturated heterocycles. The van der Waals surface area contributed by atoms with Gasteiger partial charge < -0.3 is 24.4 Å². The fraction of sp³-hybridized carbons (Fsp3) is 0.474. The molecular weight excluding hydrogens is 632 g/mol. The van der Waals surface area contributed by atoms with Crippen molar-refractivity contribution in [3.05, 3.63) is 76.3 Å². The van der Waals surface area contributed by atoms with Crippen LogP contribution in [0.15, 0.2) is 59.5 Å². The van der Waals surface area contributed by atoms with Gasteiger partial charge in [-0.2, -0.15) is 5.10 Å². The normalized spacial score (nSPS) is 19.5. The number of carbonyl (C=O) groups is 2. The number of ether oxygens (including phenoxy) is 1. The standard InChI is InChI=1S/C38H46N8O4/c1-25-21-26(22-28-24-39-41-34(25)28)23-33(36(47)44-19-17-43(18-20-44)29-9-13-42(2)14-10-29)50-38(49)45-15-11-30(12-16-45)46-32-8-7-27-5-3-4-6-31(27)35(32)40-37(46)48/h3-8,21-22,24,29-30,33H,9-20,23H2,1-2H3,(H,39,41)(H,40,48). The highest BCUT2D eigenvalue weighted by molar-refractivity contribution is 6.04. The molecule has 0 aliphatic carbocycles. The first kappa shape index (κ1) is 32.5. The van der Waals surface area contributed by atoms with Gasteiger partial charge in [0.1, 0.15) is 0 Å². The summed E-state index contributed by atoms with van der Waals surface area (Å²) < 4.78 is 7.99. The number of likely N-dealkylation sites (tertiary alicyclic amines) is 2. The lowest BCUT2D eigenvalue weighted by atomic mass is 10.0. The Morgan fingerprint density at radius 3 is 2.38 bits per heavy atom. The van der Waals surface area contributed by atoms with Crippen LogP contribution in [-0.2, 0) is 16.0 Å². The average molecular weight is 679 g/mol. The highest BCUT2D eigenvalue weighted by Gasteiger charge is 2.35. The number of aromatic amines is 2. The topological polar surface area (TPSA) is 123 Å². The van der Waals surface area contributed by atoms with Crippen LogP contribution in [0.5, 0.6) is 0 Å². The first-order valence-corrected chi connectivity index (χ1v) is 18.0. The first-order chi connectivity index (χ1) is 24.3. The molecule has 2 amide bonds. The molecule has 2 N–H and O–H groups in total. The van der Waals surface area contributed by atoms with Crippen LogP contribution in [-0.4, -0.2) is 123 Å². The Kier molecular flexibility index (Phi) is 8.82. The van der Waals surface area contributed by atoms with Gasteiger partial charge in [0.2, 0.25) is 0 Å². The molecule has 1 unspecified atom stereocenters. The smallest absolute Gasteiger partial charge is 0.410 e. The minimum Gasteiger partial charge on any atom is -0.436 e. The number of piperazine rings is 1. The van der Waals surface area contributed by atoms with E-state index in [1.165, 1.54) is 0 Å². The maximum Gasteiger partial charge on any atom is 0.410 e. The predicted molar refractivity (Wildman–Crippen MR) is 193 cm³/mol. The summed E-state index contributed by atoms with van der Waals surface area (Å²) >= 11 is 0. The van der Waals surface area contributed by atoms with Gasteiger partial charge in [-0.15, -0.1) is 0 Å². The summed E-state index contributed by atoms with van der Waals surface area (Å²) in [7, 11) is 2.18. The number of benzene rings is 3. The molecule has 0 bridgehead atoms. The van der Waals surface area contributed by atoms with Gasteiger partial charge >= 0.3 is 11.8 Å². The van der Waals surface area contributed by atoms with Crippen molar-refractivity contribution in [3.63, 3.8) is 0 Å². The molecule has 0 saturated carbocycles. The summed E-state index contributed by atoms with van der Waals surface area (Å²) in [5.74, 6) is -0.140. The van der Waals surface area contributed by atoms with E-state index in [0.717, 1.165) is 82.9 Å². The zero-order valence-electron chi connectivity index (χ0n) is 28.9. The molecular formula is C38H46N8O4. The van der Waals surface area contributed by atoms with Crippen LogP contribution in [0.25, 0.3) is 32.7 Å². The first-order valence-electron chi connectivity index (χ1n) is 18.0. The molecule has 3 fully saturated rings. The number of aryl methyl sites for hydroxylation is 1. The highest BCUT2D eigenvalue weighted by atomic mass is 16.6. The second-order valence-corrected chi connectivity index (χ2v) is 14.4. The van der Waals surface area contributed by atoms with Gasteiger partial charge in [0, 0.05) is 68.5 Å². The number of nitrogens with one attached hydrogen (secondary N) is 2. The van der Waals surface area contributed by atoms with E-state index in [-0.39, 0.29) is 24.1 Å². The molecule has 5 aromatic rings. The summed E-state index contributed by atoms with van der Waals surface area (Å²) in [6, 6.07) is 16.7. The molecule has 3 aromatic carbocycles. The molecule has 5 heterocycles. The number of carbonyl (C=O) groups excluding carboxylic acids is 2. The van der Waals surface area contributed by atoms with Gasteiger partial charge in [-0.05, 0) is 81.4 Å². The van der Waals surface area contributed by atoms with Crippen LogP contribution in [0.4, 0.5) is 4.79 Å². The predicted octanol–water partition coefficient (Wildman–Crippen LogP) is 4.29. The molecule has 50 heavy (non-hydrogen) atoms. The van der Waals surface area contributed by atoms with Crippen LogP contribution >= 0.6 is 0 Å². The molecule has 8 rings (SSSR count). The minimum absolute atomic E-state index is 0.0515. The second-order valence-electron chi connectivity index (χ2n) is 14.4. The van der Waals surface area contributed by atoms with Crippen LogP contribution in [0.3, 0.4) is 0 Å². The Labute approximate surface area is 290 Å². The number of H-pyrrole nitrogens is 2. The monoisotopic (exact) mass is 678 g/mol. The van der Waals surface area contributed by atoms with Crippen molar-refractivity contribution >= 4 is 44.7 Å². The summed E-state index contributed by atoms with van der Waals surface area (Å²) in [6.07, 6.45) is 4.19. The van der Waals surface area contributed by atoms with Crippen molar-refractivity contribution in [1.82, 2.24) is 39.3 Å². The third-order valence-corrected chi connectivity index (χ3v) is 11.3. The van der Waals surface area contributed by atoms with Gasteiger partial charge in [-0.1, -0.05) is 36.4 Å². The largest absolute Gasteiger partial charge is 0.436 e. The van der Waals surface area contributed by atoms with E-state index in [1.807, 2.05) is 64.9 Å². The number of aromatic nitrogens is 4. The molecule has 3 aliphatic rings. The van der Waals surface area contributed by atoms with Crippen molar-refractivity contribution in [2.45, 2.75) is 57.2 Å². The lowest BCUT2D eigenvalue weighted by Crippen LogP contribution is -2.56. The zero-order valence-corrected chi connectivity index (χ0v) is 28.9. The Morgan fingerprint density at radius 1 is 0.860 bits per heavy atom. The van der Waals surface area contributed by atoms with Crippen molar-refractivity contribution in [2.75, 3.05) is 59.4 Å². The fourth-order valence-corrected chi connectivity index (χ4v) is 8.43. The van der Waals surface area contributed by atoms with Gasteiger partial charge in [0.25, 0.3) is 5.91 Å². The van der Waals surface area contributed by atoms with Gasteiger partial charge in [0.05, 0.1) is 22.7 Å². The lowest BCUT2D eigenvalue weighted by Gasteiger charge is -2.42. The van der Waals surface area contributed by atoms with E-state index in [0.29, 0.717) is 45.1 Å². The van der Waals surface area contributed by atoms with E-state index < -0.39 is 12.2 Å². The van der Waals surface area contributed by atoms with Gasteiger partial charge in [-0.25, -0.2) is 9.59 Å². The highest BCUT2D eigenvalue weighted by Crippen LogP contribution is 2.29. The number of rotatable bonds is 6. The van der Waals surface area contributed by atoms with Crippen LogP contribution < -0.4 is 5.69 Å². The molecule has 12 nitrogen and oxygen atoms in total. The summed E-state index contributed by atoms with van der Waals surface area (Å²) in [6.45, 7) is 8.01. The van der Waals surface area contributed by atoms with Crippen molar-refractivity contribution in [1.29, 1.82) is 0 Å². The van der Waals surface area contributed by atoms with Crippen molar-refractivity contribution in [3.8, 4) is 0 Å². The zero-order chi connectivity index (χ0) is 34.4. The van der Waals surface area contributed by atoms with Crippen molar-refractivity contribution < 1.29 is 14.3 Å². The molecule has 0 spiro atoms. The van der Waals surface area contributed by atoms with Gasteiger partial charge in [-0.3, -0.25) is 19.4 Å². The van der Waals surface area contributed by atoms with E-state index in [2.05, 4.69) is 32.0 Å². The molecule has 262 valence electrons. The van der Waals surface area contributed by atoms with E-state index in [4.69, 9.17) is 4.74 Å². The number of imidazole rings is 1. The molecule has 2 aromatic heterocycles. The third kappa shape index (κ3) is 6.26. The maximum absolute atomic E-state index is 14.2. The Bertz CT molecular complexity index is 2080. The van der Waals surface area contributed by atoms with E-state index >= 15 is 0 Å². The van der Waals surface area contributed by atoms with Crippen LogP contribution in [0.2, 0.25) is 0 Å². The number of amides is 2. The summed E-state index contributed by atoms with van der Waals surface area (Å²) in [4.78, 5) is 52.7. The maximum atomic E-state index is 14.2. The number of hydrogen-bond donors (Lipinski definition) is 2. The van der Waals surface area contributed by atoms with E-state index in [1.54, 1.807) is 11.1 Å². The number of piperidine rings is 2. The quantitative estimate of drug-likeness (QED) is 0.275. The summed E-state index contributed by atoms with van der Waals surface area (Å²) in [5, 5.41) is 10.3. The number of nitrogens with zero attached hydrogens (tertiary/aromatic N) is 6. The Hall–Kier alpha value is -4.68. The van der Waals surface area contributed by atoms with Crippen molar-refractivity contribution in [2.24, 2.45) is 0 Å². The molecule has 3 aliphatic heterocycles. The minimum atomic E-state index is -0.941.